The minimum Gasteiger partial charge on any atom is -0.494 e. The third-order valence-corrected chi connectivity index (χ3v) is 5.64. The van der Waals surface area contributed by atoms with Crippen molar-refractivity contribution in [2.75, 3.05) is 13.7 Å². The average molecular weight is 367 g/mol. The predicted molar refractivity (Wildman–Crippen MR) is 102 cm³/mol. The summed E-state index contributed by atoms with van der Waals surface area (Å²) in [5.41, 5.74) is 4.29. The summed E-state index contributed by atoms with van der Waals surface area (Å²) in [5, 5.41) is 4.59. The molecule has 1 fully saturated rings. The number of hydrogen-bond acceptors (Lipinski definition) is 5. The van der Waals surface area contributed by atoms with Crippen molar-refractivity contribution in [3.05, 3.63) is 41.5 Å². The lowest BCUT2D eigenvalue weighted by Crippen LogP contribution is -2.21. The van der Waals surface area contributed by atoms with Gasteiger partial charge in [0.25, 0.3) is 0 Å². The van der Waals surface area contributed by atoms with Gasteiger partial charge >= 0.3 is 0 Å². The molecule has 0 saturated heterocycles. The van der Waals surface area contributed by atoms with Crippen LogP contribution in [0.4, 0.5) is 0 Å². The highest BCUT2D eigenvalue weighted by molar-refractivity contribution is 5.83. The minimum atomic E-state index is 0.407. The van der Waals surface area contributed by atoms with E-state index in [4.69, 9.17) is 9.47 Å². The van der Waals surface area contributed by atoms with Gasteiger partial charge in [0.05, 0.1) is 31.2 Å². The minimum absolute atomic E-state index is 0.407. The van der Waals surface area contributed by atoms with Gasteiger partial charge in [-0.15, -0.1) is 0 Å². The Morgan fingerprint density at radius 2 is 2.00 bits per heavy atom. The van der Waals surface area contributed by atoms with Gasteiger partial charge in [-0.2, -0.15) is 5.10 Å². The maximum absolute atomic E-state index is 11.5. The first kappa shape index (κ1) is 17.8. The van der Waals surface area contributed by atoms with E-state index in [-0.39, 0.29) is 0 Å². The molecule has 1 saturated carbocycles. The normalized spacial score (nSPS) is 17.5. The second-order valence-electron chi connectivity index (χ2n) is 7.20. The van der Waals surface area contributed by atoms with Gasteiger partial charge in [-0.25, -0.2) is 0 Å². The van der Waals surface area contributed by atoms with Crippen LogP contribution in [0.1, 0.15) is 67.0 Å². The molecule has 4 rings (SSSR count). The average Bonchev–Trinajstić information content (AvgIpc) is 3.13. The van der Waals surface area contributed by atoms with Crippen molar-refractivity contribution in [1.29, 1.82) is 0 Å². The van der Waals surface area contributed by atoms with E-state index in [1.807, 2.05) is 6.20 Å². The molecule has 0 bridgehead atoms. The zero-order valence-electron chi connectivity index (χ0n) is 15.7. The Hall–Kier alpha value is -2.63. The molecule has 6 heteroatoms. The standard InChI is InChI=1S/C21H25N3O3/c1-26-20-11-22-12-21(18(20)13-25)27-14-15-5-2-3-8-17(15)19-9-10-23-24(19)16-6-4-7-16/h9-13,16H,2-8,14H2,1H3. The zero-order valence-corrected chi connectivity index (χ0v) is 15.7. The molecule has 0 aliphatic heterocycles. The number of carbonyl (C=O) groups is 1. The topological polar surface area (TPSA) is 66.2 Å². The molecule has 2 aliphatic carbocycles. The van der Waals surface area contributed by atoms with Crippen molar-refractivity contribution in [2.24, 2.45) is 0 Å². The molecule has 2 aliphatic rings. The Bertz CT molecular complexity index is 852. The maximum atomic E-state index is 11.5. The number of aromatic nitrogens is 3. The van der Waals surface area contributed by atoms with Gasteiger partial charge in [-0.1, -0.05) is 0 Å². The van der Waals surface area contributed by atoms with E-state index in [9.17, 15) is 4.79 Å². The number of hydrogen-bond donors (Lipinski definition) is 0. The summed E-state index contributed by atoms with van der Waals surface area (Å²) in [6.45, 7) is 0.459. The Labute approximate surface area is 159 Å². The van der Waals surface area contributed by atoms with E-state index in [0.29, 0.717) is 29.7 Å². The lowest BCUT2D eigenvalue weighted by atomic mass is 9.88. The second kappa shape index (κ2) is 7.94. The Morgan fingerprint density at radius 1 is 1.19 bits per heavy atom. The van der Waals surface area contributed by atoms with Crippen LogP contribution >= 0.6 is 0 Å². The molecule has 0 spiro atoms. The van der Waals surface area contributed by atoms with E-state index < -0.39 is 0 Å². The van der Waals surface area contributed by atoms with E-state index in [1.54, 1.807) is 6.20 Å². The number of aldehydes is 1. The second-order valence-corrected chi connectivity index (χ2v) is 7.20. The van der Waals surface area contributed by atoms with Gasteiger partial charge in [-0.05, 0) is 62.2 Å². The number of pyridine rings is 1. The van der Waals surface area contributed by atoms with Crippen LogP contribution in [0.3, 0.4) is 0 Å². The van der Waals surface area contributed by atoms with Crippen LogP contribution in [-0.2, 0) is 0 Å². The molecule has 0 N–H and O–H groups in total. The van der Waals surface area contributed by atoms with Gasteiger partial charge < -0.3 is 9.47 Å². The van der Waals surface area contributed by atoms with Crippen LogP contribution in [0.15, 0.2) is 30.2 Å². The number of allylic oxidation sites excluding steroid dienone is 1. The third kappa shape index (κ3) is 3.48. The number of methoxy groups -OCH3 is 1. The molecule has 142 valence electrons. The summed E-state index contributed by atoms with van der Waals surface area (Å²) in [5.74, 6) is 0.901. The van der Waals surface area contributed by atoms with Gasteiger partial charge in [0.1, 0.15) is 12.2 Å². The number of ether oxygens (including phenoxy) is 2. The van der Waals surface area contributed by atoms with E-state index in [2.05, 4.69) is 20.8 Å². The molecule has 0 amide bonds. The van der Waals surface area contributed by atoms with Gasteiger partial charge in [0, 0.05) is 6.20 Å². The summed E-state index contributed by atoms with van der Waals surface area (Å²) >= 11 is 0. The molecule has 2 heterocycles. The molecule has 2 aromatic rings. The summed E-state index contributed by atoms with van der Waals surface area (Å²) in [4.78, 5) is 15.6. The van der Waals surface area contributed by atoms with E-state index in [1.165, 1.54) is 55.8 Å². The molecule has 27 heavy (non-hydrogen) atoms. The van der Waals surface area contributed by atoms with Crippen LogP contribution in [0, 0.1) is 0 Å². The van der Waals surface area contributed by atoms with Crippen molar-refractivity contribution in [3.63, 3.8) is 0 Å². The summed E-state index contributed by atoms with van der Waals surface area (Å²) in [6.07, 6.45) is 13.9. The lowest BCUT2D eigenvalue weighted by Gasteiger charge is -2.29. The van der Waals surface area contributed by atoms with Crippen LogP contribution in [-0.4, -0.2) is 34.8 Å². The highest BCUT2D eigenvalue weighted by Crippen LogP contribution is 2.38. The van der Waals surface area contributed by atoms with E-state index in [0.717, 1.165) is 25.5 Å². The summed E-state index contributed by atoms with van der Waals surface area (Å²) < 4.78 is 13.4. The smallest absolute Gasteiger partial charge is 0.157 e. The van der Waals surface area contributed by atoms with Crippen LogP contribution < -0.4 is 9.47 Å². The van der Waals surface area contributed by atoms with Gasteiger partial charge in [0.15, 0.2) is 17.8 Å². The number of nitrogens with zero attached hydrogens (tertiary/aromatic N) is 3. The molecule has 2 aromatic heterocycles. The zero-order chi connectivity index (χ0) is 18.6. The molecule has 6 nitrogen and oxygen atoms in total. The van der Waals surface area contributed by atoms with Crippen molar-refractivity contribution in [2.45, 2.75) is 51.0 Å². The van der Waals surface area contributed by atoms with Gasteiger partial charge in [-0.3, -0.25) is 14.5 Å². The lowest BCUT2D eigenvalue weighted by molar-refractivity contribution is 0.111. The Kier molecular flexibility index (Phi) is 5.23. The van der Waals surface area contributed by atoms with Crippen LogP contribution in [0.25, 0.3) is 5.57 Å². The van der Waals surface area contributed by atoms with E-state index >= 15 is 0 Å². The largest absolute Gasteiger partial charge is 0.494 e. The monoisotopic (exact) mass is 367 g/mol. The van der Waals surface area contributed by atoms with Crippen molar-refractivity contribution < 1.29 is 14.3 Å². The Balaban J connectivity index is 1.60. The van der Waals surface area contributed by atoms with Gasteiger partial charge in [0.2, 0.25) is 0 Å². The maximum Gasteiger partial charge on any atom is 0.157 e. The highest BCUT2D eigenvalue weighted by atomic mass is 16.5. The summed E-state index contributed by atoms with van der Waals surface area (Å²) in [6, 6.07) is 2.67. The molecular formula is C21H25N3O3. The first-order valence-corrected chi connectivity index (χ1v) is 9.66. The first-order chi connectivity index (χ1) is 13.3. The quantitative estimate of drug-likeness (QED) is 0.685. The number of rotatable bonds is 7. The molecular weight excluding hydrogens is 342 g/mol. The number of carbonyl (C=O) groups excluding carboxylic acids is 1. The molecule has 0 radical (unpaired) electrons. The first-order valence-electron chi connectivity index (χ1n) is 9.66. The fraction of sp³-hybridized carbons (Fsp3) is 0.476. The third-order valence-electron chi connectivity index (χ3n) is 5.64. The highest BCUT2D eigenvalue weighted by Gasteiger charge is 2.25. The van der Waals surface area contributed by atoms with Crippen molar-refractivity contribution in [1.82, 2.24) is 14.8 Å². The van der Waals surface area contributed by atoms with Crippen molar-refractivity contribution >= 4 is 11.9 Å². The Morgan fingerprint density at radius 3 is 2.74 bits per heavy atom. The van der Waals surface area contributed by atoms with Crippen molar-refractivity contribution in [3.8, 4) is 11.5 Å². The summed E-state index contributed by atoms with van der Waals surface area (Å²) in [7, 11) is 1.52. The fourth-order valence-corrected chi connectivity index (χ4v) is 3.90. The molecule has 0 unspecified atom stereocenters. The van der Waals surface area contributed by atoms with Crippen LogP contribution in [0.5, 0.6) is 11.5 Å². The van der Waals surface area contributed by atoms with Crippen LogP contribution in [0.2, 0.25) is 0 Å². The SMILES string of the molecule is COc1cncc(OCC2=C(c3ccnn3C3CCC3)CCCC2)c1C=O. The molecule has 0 atom stereocenters. The predicted octanol–water partition coefficient (Wildman–Crippen LogP) is 4.23. The molecule has 0 aromatic carbocycles. The fourth-order valence-electron chi connectivity index (χ4n) is 3.90.